The van der Waals surface area contributed by atoms with E-state index in [9.17, 15) is 9.90 Å². The minimum atomic E-state index is -0.372. The van der Waals surface area contributed by atoms with Crippen LogP contribution in [0.5, 0.6) is 5.75 Å². The molecule has 0 unspecified atom stereocenters. The summed E-state index contributed by atoms with van der Waals surface area (Å²) in [7, 11) is 1.62. The summed E-state index contributed by atoms with van der Waals surface area (Å²) in [5.41, 5.74) is 0.948. The molecule has 0 aromatic heterocycles. The first-order valence-electron chi connectivity index (χ1n) is 5.98. The largest absolute Gasteiger partial charge is 0.497 e. The van der Waals surface area contributed by atoms with E-state index in [0.717, 1.165) is 11.3 Å². The molecule has 2 rings (SSSR count). The number of benzene rings is 1. The first-order valence-corrected chi connectivity index (χ1v) is 5.98. The molecule has 4 heteroatoms. The van der Waals surface area contributed by atoms with Crippen molar-refractivity contribution in [3.8, 4) is 5.75 Å². The molecule has 0 bridgehead atoms. The van der Waals surface area contributed by atoms with E-state index in [1.807, 2.05) is 24.3 Å². The monoisotopic (exact) mass is 247 g/mol. The Balaban J connectivity index is 1.95. The quantitative estimate of drug-likeness (QED) is 0.819. The zero-order valence-corrected chi connectivity index (χ0v) is 10.4. The summed E-state index contributed by atoms with van der Waals surface area (Å²) < 4.78 is 5.06. The van der Waals surface area contributed by atoms with E-state index in [-0.39, 0.29) is 12.0 Å². The SMILES string of the molecule is COc1ccc(C=CC(=O)N2CC[C@H](O)C2)cc1. The number of aliphatic hydroxyl groups excluding tert-OH is 1. The van der Waals surface area contributed by atoms with Crippen molar-refractivity contribution >= 4 is 12.0 Å². The first-order chi connectivity index (χ1) is 8.69. The zero-order chi connectivity index (χ0) is 13.0. The van der Waals surface area contributed by atoms with E-state index in [1.165, 1.54) is 0 Å². The summed E-state index contributed by atoms with van der Waals surface area (Å²) in [5, 5.41) is 9.36. The summed E-state index contributed by atoms with van der Waals surface area (Å²) in [4.78, 5) is 13.4. The van der Waals surface area contributed by atoms with Gasteiger partial charge in [-0.15, -0.1) is 0 Å². The minimum absolute atomic E-state index is 0.0534. The Morgan fingerprint density at radius 3 is 2.72 bits per heavy atom. The van der Waals surface area contributed by atoms with Crippen LogP contribution in [0, 0.1) is 0 Å². The maximum Gasteiger partial charge on any atom is 0.246 e. The number of hydrogen-bond donors (Lipinski definition) is 1. The predicted molar refractivity (Wildman–Crippen MR) is 69.2 cm³/mol. The molecule has 1 saturated heterocycles. The van der Waals surface area contributed by atoms with Crippen LogP contribution in [0.3, 0.4) is 0 Å². The van der Waals surface area contributed by atoms with E-state index >= 15 is 0 Å². The number of methoxy groups -OCH3 is 1. The van der Waals surface area contributed by atoms with Gasteiger partial charge in [0.1, 0.15) is 5.75 Å². The van der Waals surface area contributed by atoms with Gasteiger partial charge in [-0.2, -0.15) is 0 Å². The molecule has 1 aliphatic rings. The van der Waals surface area contributed by atoms with Gasteiger partial charge in [-0.05, 0) is 30.2 Å². The number of nitrogens with zero attached hydrogens (tertiary/aromatic N) is 1. The zero-order valence-electron chi connectivity index (χ0n) is 10.4. The van der Waals surface area contributed by atoms with Gasteiger partial charge in [0, 0.05) is 19.2 Å². The van der Waals surface area contributed by atoms with Crippen LogP contribution in [0.4, 0.5) is 0 Å². The number of rotatable bonds is 3. The van der Waals surface area contributed by atoms with E-state index < -0.39 is 0 Å². The lowest BCUT2D eigenvalue weighted by molar-refractivity contribution is -0.125. The molecular weight excluding hydrogens is 230 g/mol. The van der Waals surface area contributed by atoms with Gasteiger partial charge in [0.15, 0.2) is 0 Å². The second kappa shape index (κ2) is 5.69. The van der Waals surface area contributed by atoms with E-state index in [1.54, 1.807) is 24.2 Å². The molecule has 0 saturated carbocycles. The van der Waals surface area contributed by atoms with E-state index in [4.69, 9.17) is 4.74 Å². The maximum absolute atomic E-state index is 11.8. The Labute approximate surface area is 106 Å². The van der Waals surface area contributed by atoms with Crippen LogP contribution in [-0.2, 0) is 4.79 Å². The minimum Gasteiger partial charge on any atom is -0.497 e. The van der Waals surface area contributed by atoms with Gasteiger partial charge in [0.2, 0.25) is 5.91 Å². The topological polar surface area (TPSA) is 49.8 Å². The van der Waals surface area contributed by atoms with Crippen molar-refractivity contribution in [1.82, 2.24) is 4.90 Å². The van der Waals surface area contributed by atoms with Crippen LogP contribution < -0.4 is 4.74 Å². The fourth-order valence-corrected chi connectivity index (χ4v) is 1.93. The number of ether oxygens (including phenoxy) is 1. The lowest BCUT2D eigenvalue weighted by atomic mass is 10.2. The second-order valence-corrected chi connectivity index (χ2v) is 4.33. The lowest BCUT2D eigenvalue weighted by Crippen LogP contribution is -2.27. The van der Waals surface area contributed by atoms with E-state index in [0.29, 0.717) is 19.5 Å². The number of β-amino-alcohol motifs (C(OH)–C–C–N with tert-alkyl or cyclic N) is 1. The highest BCUT2D eigenvalue weighted by atomic mass is 16.5. The maximum atomic E-state index is 11.8. The third-order valence-corrected chi connectivity index (χ3v) is 3.01. The van der Waals surface area contributed by atoms with Gasteiger partial charge in [0.25, 0.3) is 0 Å². The van der Waals surface area contributed by atoms with Crippen LogP contribution in [0.2, 0.25) is 0 Å². The van der Waals surface area contributed by atoms with Gasteiger partial charge >= 0.3 is 0 Å². The van der Waals surface area contributed by atoms with Gasteiger partial charge in [0.05, 0.1) is 13.2 Å². The molecule has 0 aliphatic carbocycles. The van der Waals surface area contributed by atoms with Gasteiger partial charge < -0.3 is 14.7 Å². The van der Waals surface area contributed by atoms with Gasteiger partial charge in [-0.3, -0.25) is 4.79 Å². The van der Waals surface area contributed by atoms with Crippen LogP contribution in [0.1, 0.15) is 12.0 Å². The average molecular weight is 247 g/mol. The Bertz CT molecular complexity index is 439. The normalized spacial score (nSPS) is 19.4. The fraction of sp³-hybridized carbons (Fsp3) is 0.357. The molecule has 0 spiro atoms. The number of amides is 1. The van der Waals surface area contributed by atoms with Crippen molar-refractivity contribution in [3.05, 3.63) is 35.9 Å². The van der Waals surface area contributed by atoms with Gasteiger partial charge in [-0.25, -0.2) is 0 Å². The number of aliphatic hydroxyl groups is 1. The van der Waals surface area contributed by atoms with Crippen LogP contribution in [-0.4, -0.2) is 42.2 Å². The second-order valence-electron chi connectivity index (χ2n) is 4.33. The smallest absolute Gasteiger partial charge is 0.246 e. The van der Waals surface area contributed by atoms with Crippen LogP contribution >= 0.6 is 0 Å². The molecule has 1 aliphatic heterocycles. The van der Waals surface area contributed by atoms with Crippen molar-refractivity contribution in [2.45, 2.75) is 12.5 Å². The molecular formula is C14H17NO3. The average Bonchev–Trinajstić information content (AvgIpc) is 2.83. The Hall–Kier alpha value is -1.81. The highest BCUT2D eigenvalue weighted by Crippen LogP contribution is 2.13. The Kier molecular flexibility index (Phi) is 3.99. The number of hydrogen-bond acceptors (Lipinski definition) is 3. The molecule has 1 aromatic carbocycles. The Morgan fingerprint density at radius 2 is 2.17 bits per heavy atom. The summed E-state index contributed by atoms with van der Waals surface area (Å²) in [6.45, 7) is 1.07. The molecule has 18 heavy (non-hydrogen) atoms. The summed E-state index contributed by atoms with van der Waals surface area (Å²) in [6, 6.07) is 7.48. The highest BCUT2D eigenvalue weighted by molar-refractivity contribution is 5.92. The molecule has 1 atom stereocenters. The summed E-state index contributed by atoms with van der Waals surface area (Å²) in [5.74, 6) is 0.739. The van der Waals surface area contributed by atoms with Crippen molar-refractivity contribution in [2.75, 3.05) is 20.2 Å². The fourth-order valence-electron chi connectivity index (χ4n) is 1.93. The molecule has 4 nitrogen and oxygen atoms in total. The van der Waals surface area contributed by atoms with Crippen molar-refractivity contribution in [3.63, 3.8) is 0 Å². The predicted octanol–water partition coefficient (Wildman–Crippen LogP) is 1.30. The van der Waals surface area contributed by atoms with Gasteiger partial charge in [-0.1, -0.05) is 12.1 Å². The third-order valence-electron chi connectivity index (χ3n) is 3.01. The highest BCUT2D eigenvalue weighted by Gasteiger charge is 2.22. The molecule has 1 N–H and O–H groups in total. The van der Waals surface area contributed by atoms with Crippen molar-refractivity contribution < 1.29 is 14.6 Å². The Morgan fingerprint density at radius 1 is 1.44 bits per heavy atom. The third kappa shape index (κ3) is 3.11. The molecule has 1 amide bonds. The number of carbonyl (C=O) groups is 1. The lowest BCUT2D eigenvalue weighted by Gasteiger charge is -2.12. The van der Waals surface area contributed by atoms with Crippen molar-refractivity contribution in [1.29, 1.82) is 0 Å². The standard InChI is InChI=1S/C14H17NO3/c1-18-13-5-2-11(3-6-13)4-7-14(17)15-9-8-12(16)10-15/h2-7,12,16H,8-10H2,1H3/t12-/m0/s1. The molecule has 0 radical (unpaired) electrons. The van der Waals surface area contributed by atoms with Crippen LogP contribution in [0.15, 0.2) is 30.3 Å². The summed E-state index contributed by atoms with van der Waals surface area (Å²) >= 11 is 0. The molecule has 1 heterocycles. The number of likely N-dealkylation sites (tertiary alicyclic amines) is 1. The first kappa shape index (κ1) is 12.6. The number of carbonyl (C=O) groups excluding carboxylic acids is 1. The molecule has 1 fully saturated rings. The van der Waals surface area contributed by atoms with Crippen molar-refractivity contribution in [2.24, 2.45) is 0 Å². The van der Waals surface area contributed by atoms with Crippen LogP contribution in [0.25, 0.3) is 6.08 Å². The summed E-state index contributed by atoms with van der Waals surface area (Å²) in [6.07, 6.45) is 3.61. The molecule has 1 aromatic rings. The molecule has 96 valence electrons. The van der Waals surface area contributed by atoms with E-state index in [2.05, 4.69) is 0 Å².